The van der Waals surface area contributed by atoms with Crippen molar-refractivity contribution in [3.05, 3.63) is 47.0 Å². The Kier molecular flexibility index (Phi) is 4.33. The van der Waals surface area contributed by atoms with Crippen LogP contribution in [0.3, 0.4) is 0 Å². The van der Waals surface area contributed by atoms with Crippen LogP contribution in [-0.2, 0) is 6.54 Å². The third kappa shape index (κ3) is 2.71. The number of aryl methyl sites for hydroxylation is 1. The molecule has 4 nitrogen and oxygen atoms in total. The van der Waals surface area contributed by atoms with E-state index in [0.29, 0.717) is 5.02 Å². The van der Waals surface area contributed by atoms with E-state index >= 15 is 0 Å². The lowest BCUT2D eigenvalue weighted by molar-refractivity contribution is 0.534. The zero-order valence-corrected chi connectivity index (χ0v) is 11.4. The fraction of sp³-hybridized carbons (Fsp3) is 0.385. The molecule has 0 aliphatic rings. The van der Waals surface area contributed by atoms with E-state index in [0.717, 1.165) is 24.5 Å². The second-order valence-electron chi connectivity index (χ2n) is 3.96. The molecular weight excluding hydrogens is 248 g/mol. The Hall–Kier alpha value is -1.39. The standard InChI is InChI=1S/C13H17ClN4/c1-3-15-13(11-6-5-10(14)9-16-11)12-7-8-17-18(12)4-2/h5-9,13,15H,3-4H2,1-2H3. The van der Waals surface area contributed by atoms with Gasteiger partial charge < -0.3 is 5.32 Å². The van der Waals surface area contributed by atoms with E-state index in [1.54, 1.807) is 6.20 Å². The summed E-state index contributed by atoms with van der Waals surface area (Å²) >= 11 is 5.88. The van der Waals surface area contributed by atoms with Gasteiger partial charge in [-0.05, 0) is 31.7 Å². The van der Waals surface area contributed by atoms with Gasteiger partial charge >= 0.3 is 0 Å². The molecule has 2 aromatic rings. The van der Waals surface area contributed by atoms with Gasteiger partial charge in [0.05, 0.1) is 22.5 Å². The van der Waals surface area contributed by atoms with Gasteiger partial charge in [-0.15, -0.1) is 0 Å². The number of hydrogen-bond acceptors (Lipinski definition) is 3. The summed E-state index contributed by atoms with van der Waals surface area (Å²) in [5, 5.41) is 8.38. The topological polar surface area (TPSA) is 42.7 Å². The quantitative estimate of drug-likeness (QED) is 0.903. The Morgan fingerprint density at radius 2 is 2.17 bits per heavy atom. The molecule has 2 heterocycles. The first-order valence-corrected chi connectivity index (χ1v) is 6.50. The molecule has 0 aromatic carbocycles. The molecule has 0 fully saturated rings. The summed E-state index contributed by atoms with van der Waals surface area (Å²) in [4.78, 5) is 4.39. The summed E-state index contributed by atoms with van der Waals surface area (Å²) in [5.74, 6) is 0. The third-order valence-corrected chi connectivity index (χ3v) is 3.02. The number of pyridine rings is 1. The zero-order chi connectivity index (χ0) is 13.0. The molecule has 0 aliphatic heterocycles. The van der Waals surface area contributed by atoms with Crippen LogP contribution in [0.4, 0.5) is 0 Å². The van der Waals surface area contributed by atoms with Gasteiger partial charge in [0.2, 0.25) is 0 Å². The normalized spacial score (nSPS) is 12.6. The molecule has 0 bridgehead atoms. The number of nitrogens with zero attached hydrogens (tertiary/aromatic N) is 3. The van der Waals surface area contributed by atoms with Crippen molar-refractivity contribution in [3.8, 4) is 0 Å². The minimum absolute atomic E-state index is 0.0507. The molecule has 5 heteroatoms. The lowest BCUT2D eigenvalue weighted by atomic mass is 10.1. The lowest BCUT2D eigenvalue weighted by Crippen LogP contribution is -2.25. The van der Waals surface area contributed by atoms with Crippen LogP contribution in [-0.4, -0.2) is 21.3 Å². The molecule has 0 saturated heterocycles. The molecule has 2 rings (SSSR count). The molecule has 18 heavy (non-hydrogen) atoms. The fourth-order valence-electron chi connectivity index (χ4n) is 1.98. The molecule has 0 spiro atoms. The highest BCUT2D eigenvalue weighted by Gasteiger charge is 2.17. The first-order chi connectivity index (χ1) is 8.76. The van der Waals surface area contributed by atoms with Crippen molar-refractivity contribution in [1.82, 2.24) is 20.1 Å². The molecule has 0 radical (unpaired) electrons. The zero-order valence-electron chi connectivity index (χ0n) is 10.6. The van der Waals surface area contributed by atoms with E-state index in [1.807, 2.05) is 29.1 Å². The first-order valence-electron chi connectivity index (χ1n) is 6.12. The number of hydrogen-bond donors (Lipinski definition) is 1. The van der Waals surface area contributed by atoms with Crippen molar-refractivity contribution in [1.29, 1.82) is 0 Å². The van der Waals surface area contributed by atoms with Crippen LogP contribution in [0.2, 0.25) is 5.02 Å². The van der Waals surface area contributed by atoms with Crippen molar-refractivity contribution in [2.24, 2.45) is 0 Å². The van der Waals surface area contributed by atoms with E-state index < -0.39 is 0 Å². The van der Waals surface area contributed by atoms with E-state index in [1.165, 1.54) is 0 Å². The van der Waals surface area contributed by atoms with Gasteiger partial charge in [-0.1, -0.05) is 18.5 Å². The number of aromatic nitrogens is 3. The first kappa shape index (κ1) is 13.1. The van der Waals surface area contributed by atoms with Gasteiger partial charge in [-0.25, -0.2) is 0 Å². The van der Waals surface area contributed by atoms with Crippen LogP contribution in [0.1, 0.15) is 31.3 Å². The maximum Gasteiger partial charge on any atom is 0.0921 e. The lowest BCUT2D eigenvalue weighted by Gasteiger charge is -2.18. The summed E-state index contributed by atoms with van der Waals surface area (Å²) < 4.78 is 1.98. The second-order valence-corrected chi connectivity index (χ2v) is 4.40. The summed E-state index contributed by atoms with van der Waals surface area (Å²) in [6.07, 6.45) is 3.49. The molecule has 96 valence electrons. The third-order valence-electron chi connectivity index (χ3n) is 2.80. The summed E-state index contributed by atoms with van der Waals surface area (Å²) in [7, 11) is 0. The molecule has 1 N–H and O–H groups in total. The van der Waals surface area contributed by atoms with Crippen LogP contribution < -0.4 is 5.32 Å². The predicted molar refractivity (Wildman–Crippen MR) is 72.7 cm³/mol. The van der Waals surface area contributed by atoms with Gasteiger partial charge in [0.1, 0.15) is 0 Å². The van der Waals surface area contributed by atoms with E-state index in [4.69, 9.17) is 11.6 Å². The molecule has 0 amide bonds. The Morgan fingerprint density at radius 3 is 2.78 bits per heavy atom. The smallest absolute Gasteiger partial charge is 0.0921 e. The Morgan fingerprint density at radius 1 is 1.33 bits per heavy atom. The van der Waals surface area contributed by atoms with E-state index in [9.17, 15) is 0 Å². The SMILES string of the molecule is CCNC(c1ccc(Cl)cn1)c1ccnn1CC. The van der Waals surface area contributed by atoms with E-state index in [-0.39, 0.29) is 6.04 Å². The average molecular weight is 265 g/mol. The van der Waals surface area contributed by atoms with Crippen molar-refractivity contribution < 1.29 is 0 Å². The highest BCUT2D eigenvalue weighted by molar-refractivity contribution is 6.30. The van der Waals surface area contributed by atoms with Crippen molar-refractivity contribution in [2.75, 3.05) is 6.54 Å². The molecule has 1 atom stereocenters. The average Bonchev–Trinajstić information content (AvgIpc) is 2.85. The molecule has 0 aliphatic carbocycles. The predicted octanol–water partition coefficient (Wildman–Crippen LogP) is 2.65. The summed E-state index contributed by atoms with van der Waals surface area (Å²) in [5.41, 5.74) is 2.07. The fourth-order valence-corrected chi connectivity index (χ4v) is 2.09. The maximum absolute atomic E-state index is 5.88. The number of nitrogens with one attached hydrogen (secondary N) is 1. The minimum Gasteiger partial charge on any atom is -0.304 e. The van der Waals surface area contributed by atoms with Gasteiger partial charge in [-0.3, -0.25) is 9.67 Å². The molecule has 1 unspecified atom stereocenters. The highest BCUT2D eigenvalue weighted by Crippen LogP contribution is 2.21. The van der Waals surface area contributed by atoms with Crippen LogP contribution in [0.25, 0.3) is 0 Å². The Balaban J connectivity index is 2.36. The highest BCUT2D eigenvalue weighted by atomic mass is 35.5. The van der Waals surface area contributed by atoms with Crippen molar-refractivity contribution in [3.63, 3.8) is 0 Å². The maximum atomic E-state index is 5.88. The minimum atomic E-state index is 0.0507. The van der Waals surface area contributed by atoms with Crippen molar-refractivity contribution in [2.45, 2.75) is 26.4 Å². The van der Waals surface area contributed by atoms with Gasteiger partial charge in [0.25, 0.3) is 0 Å². The molecule has 2 aromatic heterocycles. The van der Waals surface area contributed by atoms with Gasteiger partial charge in [0, 0.05) is 18.9 Å². The second kappa shape index (κ2) is 5.98. The van der Waals surface area contributed by atoms with Crippen LogP contribution in [0.15, 0.2) is 30.6 Å². The Labute approximate surface area is 112 Å². The monoisotopic (exact) mass is 264 g/mol. The van der Waals surface area contributed by atoms with Crippen LogP contribution in [0, 0.1) is 0 Å². The van der Waals surface area contributed by atoms with Crippen LogP contribution >= 0.6 is 11.6 Å². The largest absolute Gasteiger partial charge is 0.304 e. The molecular formula is C13H17ClN4. The van der Waals surface area contributed by atoms with Gasteiger partial charge in [0.15, 0.2) is 0 Å². The van der Waals surface area contributed by atoms with Crippen molar-refractivity contribution >= 4 is 11.6 Å². The summed E-state index contributed by atoms with van der Waals surface area (Å²) in [6, 6.07) is 5.88. The summed E-state index contributed by atoms with van der Waals surface area (Å²) in [6.45, 7) is 5.87. The van der Waals surface area contributed by atoms with E-state index in [2.05, 4.69) is 29.2 Å². The molecule has 0 saturated carbocycles. The Bertz CT molecular complexity index is 492. The number of halogens is 1. The number of rotatable bonds is 5. The van der Waals surface area contributed by atoms with Crippen LogP contribution in [0.5, 0.6) is 0 Å². The van der Waals surface area contributed by atoms with Gasteiger partial charge in [-0.2, -0.15) is 5.10 Å².